The molecule has 2 fully saturated rings. The third-order valence-corrected chi connectivity index (χ3v) is 6.94. The number of rotatable bonds is 11. The van der Waals surface area contributed by atoms with E-state index in [2.05, 4.69) is 0 Å². The van der Waals surface area contributed by atoms with Gasteiger partial charge in [-0.15, -0.1) is 0 Å². The lowest BCUT2D eigenvalue weighted by atomic mass is 9.98. The molecule has 4 rings (SSSR count). The predicted molar refractivity (Wildman–Crippen MR) is 139 cm³/mol. The molecule has 0 aliphatic carbocycles. The smallest absolute Gasteiger partial charge is 0.338 e. The van der Waals surface area contributed by atoms with E-state index in [9.17, 15) is 45.3 Å². The molecule has 0 radical (unpaired) electrons. The van der Waals surface area contributed by atoms with Crippen LogP contribution < -0.4 is 14.2 Å². The number of aliphatic hydroxyl groups excluding tert-OH is 4. The molecule has 2 aliphatic rings. The minimum Gasteiger partial charge on any atom is -0.504 e. The zero-order valence-corrected chi connectivity index (χ0v) is 22.9. The van der Waals surface area contributed by atoms with Gasteiger partial charge in [0.1, 0.15) is 31.0 Å². The van der Waals surface area contributed by atoms with Gasteiger partial charge in [0.15, 0.2) is 41.0 Å². The van der Waals surface area contributed by atoms with Crippen molar-refractivity contribution in [3.05, 3.63) is 47.5 Å². The summed E-state index contributed by atoms with van der Waals surface area (Å²) in [6.07, 6.45) is -11.4. The third-order valence-electron chi connectivity index (χ3n) is 6.94. The van der Waals surface area contributed by atoms with E-state index in [0.29, 0.717) is 0 Å². The fourth-order valence-electron chi connectivity index (χ4n) is 4.45. The molecule has 2 aromatic carbocycles. The lowest BCUT2D eigenvalue weighted by Gasteiger charge is -2.42. The van der Waals surface area contributed by atoms with E-state index < -0.39 is 80.5 Å². The second kappa shape index (κ2) is 13.3. The van der Waals surface area contributed by atoms with Gasteiger partial charge in [-0.25, -0.2) is 9.59 Å². The number of carbonyl (C=O) groups is 2. The molecule has 2 saturated heterocycles. The number of carbonyl (C=O) groups excluding carboxylic acids is 1. The number of benzene rings is 2. The fourth-order valence-corrected chi connectivity index (χ4v) is 4.45. The molecule has 2 heterocycles. The Hall–Kier alpha value is -3.74. The molecular weight excluding hydrogens is 580 g/mol. The summed E-state index contributed by atoms with van der Waals surface area (Å²) < 4.78 is 37.7. The third kappa shape index (κ3) is 6.76. The van der Waals surface area contributed by atoms with E-state index in [0.717, 1.165) is 0 Å². The van der Waals surface area contributed by atoms with Crippen molar-refractivity contribution in [3.63, 3.8) is 0 Å². The molecule has 7 N–H and O–H groups in total. The van der Waals surface area contributed by atoms with Crippen LogP contribution in [-0.4, -0.2) is 130 Å². The summed E-state index contributed by atoms with van der Waals surface area (Å²) in [6, 6.07) is 7.33. The molecule has 0 amide bonds. The van der Waals surface area contributed by atoms with Crippen LogP contribution in [0.3, 0.4) is 0 Å². The van der Waals surface area contributed by atoms with E-state index in [1.165, 1.54) is 50.6 Å². The summed E-state index contributed by atoms with van der Waals surface area (Å²) in [5.74, 6) is -2.41. The Morgan fingerprint density at radius 3 is 2.28 bits per heavy atom. The average molecular weight is 613 g/mol. The minimum absolute atomic E-state index is 0.0111. The largest absolute Gasteiger partial charge is 0.504 e. The number of ether oxygens (including phenoxy) is 7. The van der Waals surface area contributed by atoms with Crippen molar-refractivity contribution < 1.29 is 78.5 Å². The first-order chi connectivity index (χ1) is 20.4. The normalized spacial score (nSPS) is 30.4. The second-order valence-electron chi connectivity index (χ2n) is 9.79. The molecule has 0 spiro atoms. The Kier molecular flexibility index (Phi) is 9.93. The Labute approximate surface area is 244 Å². The highest BCUT2D eigenvalue weighted by Gasteiger charge is 2.54. The number of aliphatic hydroxyl groups is 5. The zero-order chi connectivity index (χ0) is 31.5. The van der Waals surface area contributed by atoms with Crippen LogP contribution in [0, 0.1) is 0 Å². The summed E-state index contributed by atoms with van der Waals surface area (Å²) in [5.41, 5.74) is -2.29. The van der Waals surface area contributed by atoms with Gasteiger partial charge in [0.05, 0.1) is 38.6 Å². The molecule has 2 aromatic rings. The number of aromatic hydroxyl groups is 1. The molecule has 0 aromatic heterocycles. The molecule has 0 bridgehead atoms. The van der Waals surface area contributed by atoms with Crippen LogP contribution >= 0.6 is 0 Å². The molecular formula is C27H32O16. The molecule has 2 aliphatic heterocycles. The summed E-state index contributed by atoms with van der Waals surface area (Å²) in [7, 11) is 2.55. The molecule has 8 atom stereocenters. The van der Waals surface area contributed by atoms with Crippen molar-refractivity contribution in [1.29, 1.82) is 0 Å². The van der Waals surface area contributed by atoms with E-state index in [1.54, 1.807) is 0 Å². The SMILES string of the molecule is COc1cc(C(=O)OCC2(O)COC(OC3C(Oc4ccc(C(=O)O)cc4OC)OC(CO)C(O)C3O)C2O)ccc1O. The van der Waals surface area contributed by atoms with Gasteiger partial charge in [-0.2, -0.15) is 0 Å². The number of carboxylic acids is 1. The number of hydrogen-bond acceptors (Lipinski definition) is 15. The van der Waals surface area contributed by atoms with Gasteiger partial charge < -0.3 is 68.9 Å². The van der Waals surface area contributed by atoms with E-state index in [4.69, 9.17) is 33.2 Å². The number of phenolic OH excluding ortho intramolecular Hbond substituents is 1. The first-order valence-corrected chi connectivity index (χ1v) is 12.8. The maximum Gasteiger partial charge on any atom is 0.338 e. The van der Waals surface area contributed by atoms with Crippen LogP contribution in [0.4, 0.5) is 0 Å². The average Bonchev–Trinajstić information content (AvgIpc) is 3.28. The first kappa shape index (κ1) is 32.2. The van der Waals surface area contributed by atoms with Crippen molar-refractivity contribution in [1.82, 2.24) is 0 Å². The van der Waals surface area contributed by atoms with Crippen LogP contribution in [0.1, 0.15) is 20.7 Å². The molecule has 16 nitrogen and oxygen atoms in total. The molecule has 43 heavy (non-hydrogen) atoms. The van der Waals surface area contributed by atoms with Crippen LogP contribution in [0.25, 0.3) is 0 Å². The van der Waals surface area contributed by atoms with E-state index in [1.807, 2.05) is 0 Å². The number of carboxylic acid groups (broad SMARTS) is 1. The zero-order valence-electron chi connectivity index (χ0n) is 22.9. The van der Waals surface area contributed by atoms with Gasteiger partial charge in [-0.1, -0.05) is 0 Å². The van der Waals surface area contributed by atoms with Gasteiger partial charge >= 0.3 is 11.9 Å². The highest BCUT2D eigenvalue weighted by Crippen LogP contribution is 2.35. The Bertz CT molecular complexity index is 1300. The van der Waals surface area contributed by atoms with Crippen LogP contribution in [-0.2, 0) is 18.9 Å². The highest BCUT2D eigenvalue weighted by molar-refractivity contribution is 5.90. The Morgan fingerprint density at radius 2 is 1.63 bits per heavy atom. The molecule has 8 unspecified atom stereocenters. The number of hydrogen-bond donors (Lipinski definition) is 7. The van der Waals surface area contributed by atoms with Crippen molar-refractivity contribution in [2.24, 2.45) is 0 Å². The number of aromatic carboxylic acids is 1. The topological polar surface area (TPSA) is 240 Å². The maximum atomic E-state index is 12.5. The molecule has 0 saturated carbocycles. The monoisotopic (exact) mass is 612 g/mol. The number of esters is 1. The summed E-state index contributed by atoms with van der Waals surface area (Å²) in [4.78, 5) is 23.8. The van der Waals surface area contributed by atoms with Crippen molar-refractivity contribution in [2.45, 2.75) is 48.7 Å². The van der Waals surface area contributed by atoms with Crippen LogP contribution in [0.2, 0.25) is 0 Å². The lowest BCUT2D eigenvalue weighted by Crippen LogP contribution is -2.62. The summed E-state index contributed by atoms with van der Waals surface area (Å²) in [5, 5.41) is 71.7. The summed E-state index contributed by atoms with van der Waals surface area (Å²) in [6.45, 7) is -2.05. The van der Waals surface area contributed by atoms with Crippen molar-refractivity contribution in [3.8, 4) is 23.0 Å². The minimum atomic E-state index is -2.17. The molecule has 16 heteroatoms. The van der Waals surface area contributed by atoms with Gasteiger partial charge in [0.2, 0.25) is 6.29 Å². The van der Waals surface area contributed by atoms with Crippen molar-refractivity contribution >= 4 is 11.9 Å². The quantitative estimate of drug-likeness (QED) is 0.145. The van der Waals surface area contributed by atoms with Crippen LogP contribution in [0.15, 0.2) is 36.4 Å². The molecule has 236 valence electrons. The standard InChI is InChI=1S/C27H32O16/c1-37-16-8-13(3-5-14(16)29)24(35)39-10-27(36)11-40-26(22(27)32)43-21-20(31)19(30)18(9-28)42-25(21)41-15-6-4-12(23(33)34)7-17(15)38-2/h3-8,18-22,25-26,28-32,36H,9-11H2,1-2H3,(H,33,34). The van der Waals surface area contributed by atoms with Gasteiger partial charge in [-0.05, 0) is 36.4 Å². The second-order valence-corrected chi connectivity index (χ2v) is 9.79. The van der Waals surface area contributed by atoms with Gasteiger partial charge in [0, 0.05) is 0 Å². The summed E-state index contributed by atoms with van der Waals surface area (Å²) >= 11 is 0. The lowest BCUT2D eigenvalue weighted by molar-refractivity contribution is -0.319. The number of phenols is 1. The van der Waals surface area contributed by atoms with E-state index >= 15 is 0 Å². The Balaban J connectivity index is 1.48. The predicted octanol–water partition coefficient (Wildman–Crippen LogP) is -1.38. The van der Waals surface area contributed by atoms with Crippen molar-refractivity contribution in [2.75, 3.05) is 34.0 Å². The van der Waals surface area contributed by atoms with Crippen LogP contribution in [0.5, 0.6) is 23.0 Å². The number of methoxy groups -OCH3 is 2. The van der Waals surface area contributed by atoms with Gasteiger partial charge in [-0.3, -0.25) is 0 Å². The highest BCUT2D eigenvalue weighted by atomic mass is 16.8. The fraction of sp³-hybridized carbons (Fsp3) is 0.481. The first-order valence-electron chi connectivity index (χ1n) is 12.8. The van der Waals surface area contributed by atoms with E-state index in [-0.39, 0.29) is 34.1 Å². The van der Waals surface area contributed by atoms with Gasteiger partial charge in [0.25, 0.3) is 0 Å². The maximum absolute atomic E-state index is 12.5. The Morgan fingerprint density at radius 1 is 0.953 bits per heavy atom.